The first-order valence-corrected chi connectivity index (χ1v) is 6.61. The Kier molecular flexibility index (Phi) is 5.29. The van der Waals surface area contributed by atoms with Gasteiger partial charge in [-0.3, -0.25) is 0 Å². The summed E-state index contributed by atoms with van der Waals surface area (Å²) in [6.45, 7) is 9.35. The summed E-state index contributed by atoms with van der Waals surface area (Å²) in [5.41, 5.74) is 8.27. The Balaban J connectivity index is 2.99. The molecule has 0 radical (unpaired) electrons. The highest BCUT2D eigenvalue weighted by atomic mass is 79.9. The summed E-state index contributed by atoms with van der Waals surface area (Å²) in [7, 11) is 0. The van der Waals surface area contributed by atoms with E-state index in [4.69, 9.17) is 5.73 Å². The van der Waals surface area contributed by atoms with E-state index in [2.05, 4.69) is 59.8 Å². The molecule has 2 N–H and O–H groups in total. The number of benzene rings is 1. The number of nitrogens with zero attached hydrogens (tertiary/aromatic N) is 1. The third kappa shape index (κ3) is 3.49. The normalized spacial score (nSPS) is 10.9. The molecular weight excluding hydrogens is 264 g/mol. The van der Waals surface area contributed by atoms with Crippen LogP contribution in [0.5, 0.6) is 0 Å². The van der Waals surface area contributed by atoms with Crippen LogP contribution < -0.4 is 10.6 Å². The molecule has 3 heteroatoms. The van der Waals surface area contributed by atoms with Crippen molar-refractivity contribution in [2.24, 2.45) is 11.7 Å². The fourth-order valence-electron chi connectivity index (χ4n) is 1.86. The van der Waals surface area contributed by atoms with Gasteiger partial charge in [0.2, 0.25) is 0 Å². The number of anilines is 1. The average molecular weight is 285 g/mol. The zero-order valence-corrected chi connectivity index (χ0v) is 11.9. The molecule has 0 saturated carbocycles. The van der Waals surface area contributed by atoms with Crippen molar-refractivity contribution in [1.82, 2.24) is 0 Å². The van der Waals surface area contributed by atoms with E-state index in [0.29, 0.717) is 12.5 Å². The molecular formula is C13H21BrN2. The molecule has 0 spiro atoms. The van der Waals surface area contributed by atoms with E-state index in [0.717, 1.165) is 17.6 Å². The van der Waals surface area contributed by atoms with Gasteiger partial charge in [-0.05, 0) is 36.6 Å². The fourth-order valence-corrected chi connectivity index (χ4v) is 2.27. The van der Waals surface area contributed by atoms with Crippen molar-refractivity contribution in [3.63, 3.8) is 0 Å². The highest BCUT2D eigenvalue weighted by molar-refractivity contribution is 9.10. The topological polar surface area (TPSA) is 29.3 Å². The molecule has 16 heavy (non-hydrogen) atoms. The Morgan fingerprint density at radius 1 is 1.38 bits per heavy atom. The third-order valence-corrected chi connectivity index (χ3v) is 3.06. The minimum atomic E-state index is 0.587. The quantitative estimate of drug-likeness (QED) is 0.898. The summed E-state index contributed by atoms with van der Waals surface area (Å²) in [6, 6.07) is 6.34. The van der Waals surface area contributed by atoms with Crippen LogP contribution >= 0.6 is 15.9 Å². The molecule has 0 unspecified atom stereocenters. The lowest BCUT2D eigenvalue weighted by atomic mass is 10.1. The lowest BCUT2D eigenvalue weighted by Crippen LogP contribution is -2.28. The van der Waals surface area contributed by atoms with Gasteiger partial charge in [-0.15, -0.1) is 0 Å². The highest BCUT2D eigenvalue weighted by Crippen LogP contribution is 2.25. The first-order valence-electron chi connectivity index (χ1n) is 5.81. The zero-order valence-electron chi connectivity index (χ0n) is 10.3. The van der Waals surface area contributed by atoms with Gasteiger partial charge in [0.15, 0.2) is 0 Å². The molecule has 0 fully saturated rings. The van der Waals surface area contributed by atoms with Gasteiger partial charge in [-0.2, -0.15) is 0 Å². The second kappa shape index (κ2) is 6.26. The molecule has 0 aliphatic heterocycles. The average Bonchev–Trinajstić information content (AvgIpc) is 2.25. The van der Waals surface area contributed by atoms with E-state index < -0.39 is 0 Å². The summed E-state index contributed by atoms with van der Waals surface area (Å²) in [6.07, 6.45) is 0. The third-order valence-electron chi connectivity index (χ3n) is 2.57. The Morgan fingerprint density at radius 2 is 2.06 bits per heavy atom. The fraction of sp³-hybridized carbons (Fsp3) is 0.538. The first kappa shape index (κ1) is 13.5. The SMILES string of the molecule is CCN(CC(C)C)c1ccc(Br)cc1CN. The van der Waals surface area contributed by atoms with Crippen LogP contribution in [-0.2, 0) is 6.54 Å². The minimum Gasteiger partial charge on any atom is -0.371 e. The van der Waals surface area contributed by atoms with Crippen LogP contribution in [0, 0.1) is 5.92 Å². The van der Waals surface area contributed by atoms with Crippen molar-refractivity contribution < 1.29 is 0 Å². The molecule has 0 amide bonds. The zero-order chi connectivity index (χ0) is 12.1. The molecule has 90 valence electrons. The Labute approximate surface area is 107 Å². The summed E-state index contributed by atoms with van der Waals surface area (Å²) < 4.78 is 1.09. The van der Waals surface area contributed by atoms with Crippen LogP contribution in [0.25, 0.3) is 0 Å². The largest absolute Gasteiger partial charge is 0.371 e. The van der Waals surface area contributed by atoms with E-state index in [-0.39, 0.29) is 0 Å². The maximum absolute atomic E-state index is 5.80. The van der Waals surface area contributed by atoms with Crippen LogP contribution in [0.2, 0.25) is 0 Å². The van der Waals surface area contributed by atoms with Gasteiger partial charge >= 0.3 is 0 Å². The van der Waals surface area contributed by atoms with Crippen molar-refractivity contribution in [2.75, 3.05) is 18.0 Å². The van der Waals surface area contributed by atoms with Crippen LogP contribution in [-0.4, -0.2) is 13.1 Å². The molecule has 0 aliphatic rings. The van der Waals surface area contributed by atoms with Crippen molar-refractivity contribution in [3.05, 3.63) is 28.2 Å². The molecule has 0 heterocycles. The molecule has 1 aromatic rings. The van der Waals surface area contributed by atoms with E-state index in [1.165, 1.54) is 11.3 Å². The monoisotopic (exact) mass is 284 g/mol. The number of hydrogen-bond donors (Lipinski definition) is 1. The van der Waals surface area contributed by atoms with Crippen molar-refractivity contribution in [3.8, 4) is 0 Å². The van der Waals surface area contributed by atoms with E-state index in [9.17, 15) is 0 Å². The van der Waals surface area contributed by atoms with Gasteiger partial charge in [-0.25, -0.2) is 0 Å². The molecule has 0 aliphatic carbocycles. The summed E-state index contributed by atoms with van der Waals surface area (Å²) in [4.78, 5) is 2.39. The van der Waals surface area contributed by atoms with E-state index in [1.807, 2.05) is 0 Å². The second-order valence-electron chi connectivity index (χ2n) is 4.41. The Morgan fingerprint density at radius 3 is 2.56 bits per heavy atom. The maximum Gasteiger partial charge on any atom is 0.0412 e. The highest BCUT2D eigenvalue weighted by Gasteiger charge is 2.10. The van der Waals surface area contributed by atoms with Gasteiger partial charge < -0.3 is 10.6 Å². The van der Waals surface area contributed by atoms with Crippen LogP contribution in [0.1, 0.15) is 26.3 Å². The summed E-state index contributed by atoms with van der Waals surface area (Å²) in [5.74, 6) is 0.661. The number of halogens is 1. The van der Waals surface area contributed by atoms with Crippen LogP contribution in [0.4, 0.5) is 5.69 Å². The van der Waals surface area contributed by atoms with Gasteiger partial charge in [0, 0.05) is 29.8 Å². The second-order valence-corrected chi connectivity index (χ2v) is 5.33. The predicted octanol–water partition coefficient (Wildman–Crippen LogP) is 3.39. The summed E-state index contributed by atoms with van der Waals surface area (Å²) in [5, 5.41) is 0. The summed E-state index contributed by atoms with van der Waals surface area (Å²) >= 11 is 3.48. The minimum absolute atomic E-state index is 0.587. The molecule has 1 aromatic carbocycles. The Hall–Kier alpha value is -0.540. The molecule has 2 nitrogen and oxygen atoms in total. The van der Waals surface area contributed by atoms with Crippen LogP contribution in [0.3, 0.4) is 0 Å². The van der Waals surface area contributed by atoms with E-state index >= 15 is 0 Å². The Bertz CT molecular complexity index is 337. The van der Waals surface area contributed by atoms with Gasteiger partial charge in [-0.1, -0.05) is 29.8 Å². The standard InChI is InChI=1S/C13H21BrN2/c1-4-16(9-10(2)3)13-6-5-12(14)7-11(13)8-15/h5-7,10H,4,8-9,15H2,1-3H3. The van der Waals surface area contributed by atoms with Gasteiger partial charge in [0.25, 0.3) is 0 Å². The number of hydrogen-bond acceptors (Lipinski definition) is 2. The maximum atomic E-state index is 5.80. The first-order chi connectivity index (χ1) is 7.58. The van der Waals surface area contributed by atoms with Crippen molar-refractivity contribution in [1.29, 1.82) is 0 Å². The van der Waals surface area contributed by atoms with Crippen LogP contribution in [0.15, 0.2) is 22.7 Å². The molecule has 0 aromatic heterocycles. The van der Waals surface area contributed by atoms with Crippen molar-refractivity contribution in [2.45, 2.75) is 27.3 Å². The number of nitrogens with two attached hydrogens (primary N) is 1. The number of rotatable bonds is 5. The molecule has 0 bridgehead atoms. The molecule has 0 saturated heterocycles. The van der Waals surface area contributed by atoms with E-state index in [1.54, 1.807) is 0 Å². The van der Waals surface area contributed by atoms with Gasteiger partial charge in [0.05, 0.1) is 0 Å². The molecule has 0 atom stereocenters. The predicted molar refractivity (Wildman–Crippen MR) is 74.8 cm³/mol. The molecule has 1 rings (SSSR count). The van der Waals surface area contributed by atoms with Crippen molar-refractivity contribution >= 4 is 21.6 Å². The smallest absolute Gasteiger partial charge is 0.0412 e. The van der Waals surface area contributed by atoms with Gasteiger partial charge in [0.1, 0.15) is 0 Å². The lowest BCUT2D eigenvalue weighted by molar-refractivity contribution is 0.617. The lowest BCUT2D eigenvalue weighted by Gasteiger charge is -2.27.